The van der Waals surface area contributed by atoms with Crippen molar-refractivity contribution < 1.29 is 19.4 Å². The molecule has 0 aliphatic heterocycles. The Labute approximate surface area is 166 Å². The monoisotopic (exact) mass is 382 g/mol. The molecule has 4 heteroatoms. The van der Waals surface area contributed by atoms with Gasteiger partial charge in [0.25, 0.3) is 0 Å². The highest BCUT2D eigenvalue weighted by Crippen LogP contribution is 2.30. The topological polar surface area (TPSA) is 63.6 Å². The summed E-state index contributed by atoms with van der Waals surface area (Å²) >= 11 is 0. The van der Waals surface area contributed by atoms with E-state index >= 15 is 0 Å². The van der Waals surface area contributed by atoms with Crippen molar-refractivity contribution in [2.24, 2.45) is 17.8 Å². The lowest BCUT2D eigenvalue weighted by Gasteiger charge is -2.25. The van der Waals surface area contributed by atoms with E-state index in [9.17, 15) is 9.59 Å². The largest absolute Gasteiger partial charge is 0.481 e. The molecule has 1 N–H and O–H groups in total. The summed E-state index contributed by atoms with van der Waals surface area (Å²) in [6.45, 7) is 5.04. The van der Waals surface area contributed by atoms with Crippen LogP contribution >= 0.6 is 0 Å². The SMILES string of the molecule is CCCCCC(CCC)CCCCCCOC(=O)C1CCCC(C(=O)O)C1. The fourth-order valence-corrected chi connectivity index (χ4v) is 4.33. The Bertz CT molecular complexity index is 407. The summed E-state index contributed by atoms with van der Waals surface area (Å²) in [7, 11) is 0. The number of ether oxygens (including phenoxy) is 1. The molecular formula is C23H42O4. The molecule has 0 aromatic heterocycles. The smallest absolute Gasteiger partial charge is 0.308 e. The number of carbonyl (C=O) groups is 2. The maximum Gasteiger partial charge on any atom is 0.308 e. The van der Waals surface area contributed by atoms with Gasteiger partial charge in [0.05, 0.1) is 18.4 Å². The second-order valence-electron chi connectivity index (χ2n) is 8.42. The van der Waals surface area contributed by atoms with Gasteiger partial charge in [-0.25, -0.2) is 0 Å². The zero-order valence-electron chi connectivity index (χ0n) is 17.7. The maximum atomic E-state index is 12.1. The minimum atomic E-state index is -0.774. The molecule has 0 saturated heterocycles. The van der Waals surface area contributed by atoms with Crippen LogP contribution in [0.5, 0.6) is 0 Å². The van der Waals surface area contributed by atoms with Gasteiger partial charge in [0.15, 0.2) is 0 Å². The normalized spacial score (nSPS) is 21.0. The second-order valence-corrected chi connectivity index (χ2v) is 8.42. The highest BCUT2D eigenvalue weighted by atomic mass is 16.5. The number of aliphatic carboxylic acids is 1. The van der Waals surface area contributed by atoms with E-state index in [-0.39, 0.29) is 17.8 Å². The quantitative estimate of drug-likeness (QED) is 0.264. The zero-order valence-corrected chi connectivity index (χ0v) is 17.7. The van der Waals surface area contributed by atoms with E-state index < -0.39 is 5.97 Å². The Hall–Kier alpha value is -1.06. The van der Waals surface area contributed by atoms with E-state index in [1.807, 2.05) is 0 Å². The minimum Gasteiger partial charge on any atom is -0.481 e. The summed E-state index contributed by atoms with van der Waals surface area (Å²) in [5.41, 5.74) is 0. The van der Waals surface area contributed by atoms with Gasteiger partial charge in [0.1, 0.15) is 0 Å². The van der Waals surface area contributed by atoms with Crippen LogP contribution in [0, 0.1) is 17.8 Å². The van der Waals surface area contributed by atoms with Crippen molar-refractivity contribution in [1.82, 2.24) is 0 Å². The van der Waals surface area contributed by atoms with E-state index in [1.165, 1.54) is 57.8 Å². The number of carboxylic acid groups (broad SMARTS) is 1. The van der Waals surface area contributed by atoms with Crippen molar-refractivity contribution in [2.75, 3.05) is 6.61 Å². The highest BCUT2D eigenvalue weighted by molar-refractivity contribution is 5.75. The van der Waals surface area contributed by atoms with Crippen molar-refractivity contribution >= 4 is 11.9 Å². The van der Waals surface area contributed by atoms with E-state index in [0.717, 1.165) is 31.6 Å². The molecule has 1 rings (SSSR count). The molecule has 0 amide bonds. The Balaban J connectivity index is 2.07. The molecule has 0 aromatic carbocycles. The lowest BCUT2D eigenvalue weighted by atomic mass is 9.81. The molecule has 0 bridgehead atoms. The van der Waals surface area contributed by atoms with Crippen LogP contribution in [0.2, 0.25) is 0 Å². The molecule has 27 heavy (non-hydrogen) atoms. The first-order valence-corrected chi connectivity index (χ1v) is 11.5. The molecule has 1 aliphatic rings. The predicted octanol–water partition coefficient (Wildman–Crippen LogP) is 6.37. The third kappa shape index (κ3) is 10.8. The van der Waals surface area contributed by atoms with Crippen LogP contribution in [0.1, 0.15) is 110 Å². The van der Waals surface area contributed by atoms with Crippen LogP contribution in [0.25, 0.3) is 0 Å². The number of rotatable bonds is 15. The molecule has 0 aromatic rings. The number of carbonyl (C=O) groups excluding carboxylic acids is 1. The van der Waals surface area contributed by atoms with Gasteiger partial charge in [-0.05, 0) is 31.6 Å². The molecule has 1 saturated carbocycles. The minimum absolute atomic E-state index is 0.181. The van der Waals surface area contributed by atoms with Gasteiger partial charge in [-0.2, -0.15) is 0 Å². The zero-order chi connectivity index (χ0) is 19.9. The maximum absolute atomic E-state index is 12.1. The third-order valence-corrected chi connectivity index (χ3v) is 6.02. The van der Waals surface area contributed by atoms with Crippen LogP contribution in [-0.2, 0) is 14.3 Å². The molecule has 0 heterocycles. The molecule has 1 aliphatic carbocycles. The fourth-order valence-electron chi connectivity index (χ4n) is 4.33. The van der Waals surface area contributed by atoms with Gasteiger partial charge in [-0.3, -0.25) is 9.59 Å². The Morgan fingerprint density at radius 1 is 0.889 bits per heavy atom. The van der Waals surface area contributed by atoms with E-state index in [2.05, 4.69) is 13.8 Å². The molecule has 158 valence electrons. The average Bonchev–Trinajstić information content (AvgIpc) is 2.67. The molecule has 3 unspecified atom stereocenters. The highest BCUT2D eigenvalue weighted by Gasteiger charge is 2.31. The van der Waals surface area contributed by atoms with Gasteiger partial charge in [0.2, 0.25) is 0 Å². The molecule has 1 fully saturated rings. The van der Waals surface area contributed by atoms with Crippen LogP contribution < -0.4 is 0 Å². The number of esters is 1. The van der Waals surface area contributed by atoms with Crippen molar-refractivity contribution in [2.45, 2.75) is 110 Å². The summed E-state index contributed by atoms with van der Waals surface area (Å²) in [5, 5.41) is 9.12. The first-order valence-electron chi connectivity index (χ1n) is 11.5. The summed E-state index contributed by atoms with van der Waals surface area (Å²) in [4.78, 5) is 23.2. The average molecular weight is 383 g/mol. The molecule has 0 spiro atoms. The number of hydrogen-bond donors (Lipinski definition) is 1. The number of hydrogen-bond acceptors (Lipinski definition) is 3. The van der Waals surface area contributed by atoms with E-state index in [0.29, 0.717) is 19.4 Å². The van der Waals surface area contributed by atoms with Gasteiger partial charge in [0, 0.05) is 0 Å². The van der Waals surface area contributed by atoms with Crippen LogP contribution in [0.15, 0.2) is 0 Å². The molecular weight excluding hydrogens is 340 g/mol. The Kier molecular flexibility index (Phi) is 13.3. The van der Waals surface area contributed by atoms with E-state index in [4.69, 9.17) is 9.84 Å². The summed E-state index contributed by atoms with van der Waals surface area (Å²) in [6, 6.07) is 0. The summed E-state index contributed by atoms with van der Waals surface area (Å²) in [6.07, 6.45) is 16.7. The Morgan fingerprint density at radius 3 is 2.22 bits per heavy atom. The van der Waals surface area contributed by atoms with Crippen molar-refractivity contribution in [1.29, 1.82) is 0 Å². The lowest BCUT2D eigenvalue weighted by Crippen LogP contribution is -2.28. The van der Waals surface area contributed by atoms with Crippen LogP contribution in [0.3, 0.4) is 0 Å². The van der Waals surface area contributed by atoms with Gasteiger partial charge < -0.3 is 9.84 Å². The van der Waals surface area contributed by atoms with Crippen LogP contribution in [0.4, 0.5) is 0 Å². The third-order valence-electron chi connectivity index (χ3n) is 6.02. The fraction of sp³-hybridized carbons (Fsp3) is 0.913. The summed E-state index contributed by atoms with van der Waals surface area (Å²) < 4.78 is 5.41. The number of carboxylic acids is 1. The Morgan fingerprint density at radius 2 is 1.56 bits per heavy atom. The standard InChI is InChI=1S/C23H42O4/c1-3-5-8-13-19(12-4-2)14-9-6-7-10-17-27-23(26)21-16-11-15-20(18-21)22(24)25/h19-21H,3-18H2,1-2H3,(H,24,25). The lowest BCUT2D eigenvalue weighted by molar-refractivity contribution is -0.152. The van der Waals surface area contributed by atoms with Crippen molar-refractivity contribution in [3.8, 4) is 0 Å². The predicted molar refractivity (Wildman–Crippen MR) is 110 cm³/mol. The first-order chi connectivity index (χ1) is 13.1. The first kappa shape index (κ1) is 24.0. The van der Waals surface area contributed by atoms with Gasteiger partial charge >= 0.3 is 11.9 Å². The molecule has 3 atom stereocenters. The van der Waals surface area contributed by atoms with Crippen molar-refractivity contribution in [3.63, 3.8) is 0 Å². The van der Waals surface area contributed by atoms with Gasteiger partial charge in [-0.15, -0.1) is 0 Å². The van der Waals surface area contributed by atoms with Crippen LogP contribution in [-0.4, -0.2) is 23.7 Å². The number of unbranched alkanes of at least 4 members (excludes halogenated alkanes) is 5. The molecule has 4 nitrogen and oxygen atoms in total. The second kappa shape index (κ2) is 14.9. The summed E-state index contributed by atoms with van der Waals surface area (Å²) in [5.74, 6) is -0.640. The van der Waals surface area contributed by atoms with E-state index in [1.54, 1.807) is 0 Å². The van der Waals surface area contributed by atoms with Gasteiger partial charge in [-0.1, -0.05) is 84.5 Å². The van der Waals surface area contributed by atoms with Crippen molar-refractivity contribution in [3.05, 3.63) is 0 Å². The molecule has 0 radical (unpaired) electrons.